The Kier molecular flexibility index (Phi) is 4.50. The van der Waals surface area contributed by atoms with E-state index in [-0.39, 0.29) is 23.3 Å². The molecule has 1 atom stereocenters. The molecule has 10 nitrogen and oxygen atoms in total. The molecule has 0 spiro atoms. The molecule has 1 unspecified atom stereocenters. The highest BCUT2D eigenvalue weighted by Crippen LogP contribution is 2.45. The van der Waals surface area contributed by atoms with Crippen LogP contribution < -0.4 is 11.1 Å². The molecule has 0 fully saturated rings. The fraction of sp³-hybridized carbons (Fsp3) is 0.273. The van der Waals surface area contributed by atoms with Crippen molar-refractivity contribution in [2.24, 2.45) is 0 Å². The van der Waals surface area contributed by atoms with Crippen LogP contribution in [-0.4, -0.2) is 40.6 Å². The molecule has 5 rings (SSSR count). The predicted molar refractivity (Wildman–Crippen MR) is 118 cm³/mol. The molecule has 162 valence electrons. The minimum Gasteiger partial charge on any atom is -0.508 e. The number of nitrogens with one attached hydrogen (secondary N) is 1. The summed E-state index contributed by atoms with van der Waals surface area (Å²) in [5.74, 6) is 0.561. The average Bonchev–Trinajstić information content (AvgIpc) is 3.35. The summed E-state index contributed by atoms with van der Waals surface area (Å²) in [5.41, 5.74) is 8.30. The van der Waals surface area contributed by atoms with Crippen molar-refractivity contribution >= 4 is 23.2 Å². The van der Waals surface area contributed by atoms with E-state index in [1.54, 1.807) is 41.9 Å². The first-order chi connectivity index (χ1) is 15.4. The number of carbonyl (C=O) groups is 1. The number of fused-ring (bicyclic) bond motifs is 2. The van der Waals surface area contributed by atoms with Crippen LogP contribution in [0.15, 0.2) is 36.8 Å². The van der Waals surface area contributed by atoms with Crippen LogP contribution >= 0.6 is 0 Å². The average molecular weight is 430 g/mol. The van der Waals surface area contributed by atoms with Crippen molar-refractivity contribution in [1.29, 1.82) is 0 Å². The largest absolute Gasteiger partial charge is 0.508 e. The molecule has 0 bridgehead atoms. The number of phenolic OH excluding ortho intramolecular Hbond substituents is 1. The zero-order valence-corrected chi connectivity index (χ0v) is 17.7. The minimum atomic E-state index is -1.13. The quantitative estimate of drug-likeness (QED) is 0.438. The molecule has 0 aliphatic carbocycles. The summed E-state index contributed by atoms with van der Waals surface area (Å²) in [6.45, 7) is 3.85. The number of phenols is 1. The molecule has 1 aliphatic heterocycles. The number of hydrogen-bond acceptors (Lipinski definition) is 8. The molecule has 3 aromatic heterocycles. The zero-order chi connectivity index (χ0) is 22.5. The number of amides is 1. The molecule has 10 heteroatoms. The van der Waals surface area contributed by atoms with Crippen molar-refractivity contribution in [3.63, 3.8) is 0 Å². The number of aryl methyl sites for hydroxylation is 1. The summed E-state index contributed by atoms with van der Waals surface area (Å²) in [6.07, 6.45) is 5.91. The van der Waals surface area contributed by atoms with Gasteiger partial charge in [-0.25, -0.2) is 24.5 Å². The van der Waals surface area contributed by atoms with E-state index in [1.807, 2.05) is 0 Å². The third-order valence-corrected chi connectivity index (χ3v) is 5.87. The van der Waals surface area contributed by atoms with Gasteiger partial charge in [0.1, 0.15) is 34.8 Å². The minimum absolute atomic E-state index is 0.0611. The van der Waals surface area contributed by atoms with Gasteiger partial charge in [-0.2, -0.15) is 5.10 Å². The Hall–Kier alpha value is -4.08. The van der Waals surface area contributed by atoms with Crippen molar-refractivity contribution in [3.8, 4) is 17.3 Å². The molecule has 1 aliphatic rings. The fourth-order valence-electron chi connectivity index (χ4n) is 4.13. The van der Waals surface area contributed by atoms with Crippen LogP contribution in [0.1, 0.15) is 43.5 Å². The maximum Gasteiger partial charge on any atom is 0.240 e. The number of carbonyl (C=O) groups excluding carboxylic acids is 1. The third kappa shape index (κ3) is 2.95. The predicted octanol–water partition coefficient (Wildman–Crippen LogP) is 2.47. The summed E-state index contributed by atoms with van der Waals surface area (Å²) >= 11 is 0. The van der Waals surface area contributed by atoms with Crippen LogP contribution in [0.25, 0.3) is 17.2 Å². The Labute approximate surface area is 183 Å². The molecule has 1 aromatic carbocycles. The van der Waals surface area contributed by atoms with Crippen molar-refractivity contribution in [2.75, 3.05) is 11.1 Å². The number of anilines is 2. The lowest BCUT2D eigenvalue weighted by Gasteiger charge is -2.23. The Morgan fingerprint density at radius 1 is 1.25 bits per heavy atom. The number of aromatic nitrogens is 6. The molecule has 0 radical (unpaired) electrons. The first kappa shape index (κ1) is 19.9. The second-order valence-corrected chi connectivity index (χ2v) is 7.99. The van der Waals surface area contributed by atoms with E-state index in [4.69, 9.17) is 10.7 Å². The highest BCUT2D eigenvalue weighted by atomic mass is 16.3. The number of benzene rings is 1. The van der Waals surface area contributed by atoms with Crippen LogP contribution in [-0.2, 0) is 16.6 Å². The number of aromatic hydroxyl groups is 1. The van der Waals surface area contributed by atoms with E-state index in [2.05, 4.69) is 32.3 Å². The second-order valence-electron chi connectivity index (χ2n) is 7.99. The molecule has 0 saturated heterocycles. The van der Waals surface area contributed by atoms with Crippen molar-refractivity contribution in [1.82, 2.24) is 29.5 Å². The Morgan fingerprint density at radius 3 is 2.88 bits per heavy atom. The van der Waals surface area contributed by atoms with Crippen LogP contribution in [0.4, 0.5) is 11.6 Å². The van der Waals surface area contributed by atoms with Gasteiger partial charge in [-0.05, 0) is 37.5 Å². The number of rotatable bonds is 5. The molecule has 4 aromatic rings. The van der Waals surface area contributed by atoms with Gasteiger partial charge in [0, 0.05) is 0 Å². The van der Waals surface area contributed by atoms with Crippen molar-refractivity contribution in [3.05, 3.63) is 53.6 Å². The summed E-state index contributed by atoms with van der Waals surface area (Å²) in [4.78, 5) is 31.1. The summed E-state index contributed by atoms with van der Waals surface area (Å²) < 4.78 is 1.65. The Bertz CT molecular complexity index is 1370. The molecular formula is C22H22N8O2. The van der Waals surface area contributed by atoms with E-state index in [9.17, 15) is 9.90 Å². The van der Waals surface area contributed by atoms with E-state index in [1.165, 1.54) is 6.33 Å². The number of nitrogen functional groups attached to an aromatic ring is 1. The highest BCUT2D eigenvalue weighted by molar-refractivity contribution is 6.09. The number of unbranched alkanes of at least 4 members (excludes halogenated alkanes) is 1. The number of nitrogens with zero attached hydrogens (tertiary/aromatic N) is 6. The van der Waals surface area contributed by atoms with Crippen molar-refractivity contribution < 1.29 is 9.90 Å². The fourth-order valence-corrected chi connectivity index (χ4v) is 4.13. The van der Waals surface area contributed by atoms with E-state index < -0.39 is 5.41 Å². The maximum atomic E-state index is 13.0. The third-order valence-electron chi connectivity index (χ3n) is 5.87. The summed E-state index contributed by atoms with van der Waals surface area (Å²) in [6, 6.07) is 6.54. The van der Waals surface area contributed by atoms with Gasteiger partial charge in [0.15, 0.2) is 11.5 Å². The van der Waals surface area contributed by atoms with Gasteiger partial charge in [-0.1, -0.05) is 25.5 Å². The van der Waals surface area contributed by atoms with E-state index in [0.29, 0.717) is 28.3 Å². The summed E-state index contributed by atoms with van der Waals surface area (Å²) in [7, 11) is 0. The topological polar surface area (TPSA) is 144 Å². The smallest absolute Gasteiger partial charge is 0.240 e. The lowest BCUT2D eigenvalue weighted by atomic mass is 9.77. The maximum absolute atomic E-state index is 13.0. The Morgan fingerprint density at radius 2 is 2.09 bits per heavy atom. The molecular weight excluding hydrogens is 408 g/mol. The Balaban J connectivity index is 1.64. The molecule has 0 saturated carbocycles. The zero-order valence-electron chi connectivity index (χ0n) is 17.7. The monoisotopic (exact) mass is 430 g/mol. The van der Waals surface area contributed by atoms with E-state index >= 15 is 0 Å². The van der Waals surface area contributed by atoms with Crippen LogP contribution in [0.2, 0.25) is 0 Å². The van der Waals surface area contributed by atoms with Gasteiger partial charge in [0.05, 0.1) is 17.5 Å². The van der Waals surface area contributed by atoms with Gasteiger partial charge in [-0.3, -0.25) is 4.79 Å². The highest BCUT2D eigenvalue weighted by Gasteiger charge is 2.47. The van der Waals surface area contributed by atoms with Crippen LogP contribution in [0, 0.1) is 0 Å². The molecule has 1 amide bonds. The van der Waals surface area contributed by atoms with Crippen molar-refractivity contribution in [2.45, 2.75) is 38.5 Å². The lowest BCUT2D eigenvalue weighted by Crippen LogP contribution is -2.32. The van der Waals surface area contributed by atoms with Gasteiger partial charge >= 0.3 is 0 Å². The van der Waals surface area contributed by atoms with Crippen LogP contribution in [0.5, 0.6) is 5.75 Å². The second kappa shape index (κ2) is 7.26. The van der Waals surface area contributed by atoms with Crippen LogP contribution in [0.3, 0.4) is 0 Å². The molecule has 4 heterocycles. The van der Waals surface area contributed by atoms with Gasteiger partial charge < -0.3 is 16.2 Å². The number of nitrogens with two attached hydrogens (primary N) is 1. The van der Waals surface area contributed by atoms with Gasteiger partial charge in [0.25, 0.3) is 0 Å². The van der Waals surface area contributed by atoms with Gasteiger partial charge in [0.2, 0.25) is 5.91 Å². The summed E-state index contributed by atoms with van der Waals surface area (Å²) in [5, 5.41) is 17.0. The number of hydrogen-bond donors (Lipinski definition) is 3. The SMILES string of the molecule is CCCCc1nc(-c2nc(N)c3c(n2)NC(=O)C3(C)c2cccc(O)c2)cn2ncnc12. The normalized spacial score (nSPS) is 17.5. The molecule has 32 heavy (non-hydrogen) atoms. The first-order valence-corrected chi connectivity index (χ1v) is 10.4. The van der Waals surface area contributed by atoms with Gasteiger partial charge in [-0.15, -0.1) is 0 Å². The standard InChI is InChI=1S/C22H22N8O2/c1-3-4-8-14-20-24-11-25-30(20)10-15(26-14)18-27-17(23)16-19(28-18)29-21(32)22(16,2)12-6-5-7-13(31)9-12/h5-7,9-11,31H,3-4,8H2,1-2H3,(H3,23,27,28,29,32). The lowest BCUT2D eigenvalue weighted by molar-refractivity contribution is -0.119. The first-order valence-electron chi connectivity index (χ1n) is 10.4. The van der Waals surface area contributed by atoms with E-state index in [0.717, 1.165) is 25.0 Å². The molecule has 4 N–H and O–H groups in total.